The Labute approximate surface area is 150 Å². The summed E-state index contributed by atoms with van der Waals surface area (Å²) in [6.45, 7) is 9.27. The van der Waals surface area contributed by atoms with Crippen molar-refractivity contribution in [3.63, 3.8) is 0 Å². The summed E-state index contributed by atoms with van der Waals surface area (Å²) in [7, 11) is -3.50. The number of ether oxygens (including phenoxy) is 1. The average molecular weight is 371 g/mol. The zero-order valence-electron chi connectivity index (χ0n) is 15.8. The average Bonchev–Trinajstić information content (AvgIpc) is 2.51. The summed E-state index contributed by atoms with van der Waals surface area (Å²) in [5, 5.41) is 2.68. The number of alkyl carbamates (subject to hydrolysis) is 1. The van der Waals surface area contributed by atoms with E-state index in [9.17, 15) is 9.36 Å². The lowest BCUT2D eigenvalue weighted by Crippen LogP contribution is -2.40. The van der Waals surface area contributed by atoms with Gasteiger partial charge in [0, 0.05) is 0 Å². The van der Waals surface area contributed by atoms with E-state index in [0.29, 0.717) is 12.8 Å². The maximum atomic E-state index is 13.1. The van der Waals surface area contributed by atoms with Crippen LogP contribution in [0.5, 0.6) is 0 Å². The van der Waals surface area contributed by atoms with Crippen LogP contribution in [0.3, 0.4) is 0 Å². The van der Waals surface area contributed by atoms with Crippen molar-refractivity contribution < 1.29 is 23.1 Å². The Morgan fingerprint density at radius 3 is 2.16 bits per heavy atom. The third-order valence-electron chi connectivity index (χ3n) is 3.23. The third kappa shape index (κ3) is 8.04. The number of aryl methyl sites for hydroxylation is 1. The van der Waals surface area contributed by atoms with Crippen molar-refractivity contribution in [1.29, 1.82) is 0 Å². The highest BCUT2D eigenvalue weighted by atomic mass is 31.2. The van der Waals surface area contributed by atoms with Gasteiger partial charge in [0.2, 0.25) is 0 Å². The first-order chi connectivity index (χ1) is 11.7. The minimum absolute atomic E-state index is 0.231. The number of hydrogen-bond acceptors (Lipinski definition) is 5. The molecular formula is C18H30NO5P. The molecule has 0 aliphatic heterocycles. The Bertz CT molecular complexity index is 561. The molecular weight excluding hydrogens is 341 g/mol. The number of benzene rings is 1. The quantitative estimate of drug-likeness (QED) is 0.635. The molecule has 1 aromatic rings. The van der Waals surface area contributed by atoms with Crippen LogP contribution in [0.1, 0.15) is 46.6 Å². The van der Waals surface area contributed by atoms with Gasteiger partial charge in [-0.15, -0.1) is 0 Å². The second-order valence-electron chi connectivity index (χ2n) is 6.56. The standard InChI is InChI=1S/C18H30NO5P/c1-6-22-25(21,23-7-2)16(19-17(20)24-18(3,4)5)14-13-15-11-9-8-10-12-15/h8-12,16H,6-7,13-14H2,1-5H3,(H,19,20)/t16-/m1/s1. The van der Waals surface area contributed by atoms with Gasteiger partial charge in [-0.2, -0.15) is 0 Å². The summed E-state index contributed by atoms with van der Waals surface area (Å²) in [5.41, 5.74) is 0.438. The number of hydrogen-bond donors (Lipinski definition) is 1. The molecule has 0 aromatic heterocycles. The molecule has 1 atom stereocenters. The van der Waals surface area contributed by atoms with Crippen molar-refractivity contribution in [1.82, 2.24) is 5.32 Å². The maximum absolute atomic E-state index is 13.1. The number of amides is 1. The topological polar surface area (TPSA) is 73.9 Å². The molecule has 6 nitrogen and oxygen atoms in total. The Hall–Kier alpha value is -1.36. The molecule has 0 aliphatic carbocycles. The van der Waals surface area contributed by atoms with E-state index < -0.39 is 25.1 Å². The number of carbonyl (C=O) groups is 1. The van der Waals surface area contributed by atoms with Crippen molar-refractivity contribution in [3.8, 4) is 0 Å². The minimum Gasteiger partial charge on any atom is -0.444 e. The largest absolute Gasteiger partial charge is 0.444 e. The fourth-order valence-electron chi connectivity index (χ4n) is 2.28. The van der Waals surface area contributed by atoms with Crippen LogP contribution in [0.15, 0.2) is 30.3 Å². The van der Waals surface area contributed by atoms with Crippen LogP contribution in [0.2, 0.25) is 0 Å². The summed E-state index contributed by atoms with van der Waals surface area (Å²) in [5.74, 6) is -0.776. The van der Waals surface area contributed by atoms with Crippen LogP contribution in [0.4, 0.5) is 4.79 Å². The molecule has 1 amide bonds. The summed E-state index contributed by atoms with van der Waals surface area (Å²) in [4.78, 5) is 12.2. The van der Waals surface area contributed by atoms with Gasteiger partial charge >= 0.3 is 13.7 Å². The molecule has 0 saturated heterocycles. The number of rotatable bonds is 9. The smallest absolute Gasteiger partial charge is 0.408 e. The van der Waals surface area contributed by atoms with Crippen LogP contribution in [-0.4, -0.2) is 30.7 Å². The number of nitrogens with one attached hydrogen (secondary N) is 1. The minimum atomic E-state index is -3.50. The normalized spacial score (nSPS) is 13.3. The summed E-state index contributed by atoms with van der Waals surface area (Å²) in [6, 6.07) is 9.78. The highest BCUT2D eigenvalue weighted by Crippen LogP contribution is 2.53. The Morgan fingerprint density at radius 2 is 1.68 bits per heavy atom. The predicted molar refractivity (Wildman–Crippen MR) is 98.8 cm³/mol. The Morgan fingerprint density at radius 1 is 1.12 bits per heavy atom. The van der Waals surface area contributed by atoms with Crippen LogP contribution >= 0.6 is 7.60 Å². The van der Waals surface area contributed by atoms with Crippen LogP contribution < -0.4 is 5.32 Å². The van der Waals surface area contributed by atoms with E-state index >= 15 is 0 Å². The van der Waals surface area contributed by atoms with E-state index in [-0.39, 0.29) is 13.2 Å². The van der Waals surface area contributed by atoms with Gasteiger partial charge in [0.25, 0.3) is 0 Å². The Balaban J connectivity index is 2.91. The lowest BCUT2D eigenvalue weighted by atomic mass is 10.1. The zero-order valence-corrected chi connectivity index (χ0v) is 16.7. The highest BCUT2D eigenvalue weighted by Gasteiger charge is 2.37. The van der Waals surface area contributed by atoms with Gasteiger partial charge in [0.1, 0.15) is 11.4 Å². The van der Waals surface area contributed by atoms with Gasteiger partial charge in [-0.1, -0.05) is 30.3 Å². The van der Waals surface area contributed by atoms with Gasteiger partial charge in [-0.25, -0.2) is 4.79 Å². The van der Waals surface area contributed by atoms with Crippen LogP contribution in [0.25, 0.3) is 0 Å². The molecule has 1 N–H and O–H groups in total. The molecule has 0 fully saturated rings. The lowest BCUT2D eigenvalue weighted by molar-refractivity contribution is 0.0507. The van der Waals surface area contributed by atoms with Crippen molar-refractivity contribution in [2.24, 2.45) is 0 Å². The van der Waals surface area contributed by atoms with Gasteiger partial charge < -0.3 is 19.1 Å². The molecule has 0 aliphatic rings. The first kappa shape index (κ1) is 21.7. The molecule has 0 saturated carbocycles. The molecule has 0 spiro atoms. The molecule has 0 heterocycles. The molecule has 1 rings (SSSR count). The Kier molecular flexibility index (Phi) is 8.63. The maximum Gasteiger partial charge on any atom is 0.408 e. The number of carbonyl (C=O) groups excluding carboxylic acids is 1. The third-order valence-corrected chi connectivity index (χ3v) is 5.62. The van der Waals surface area contributed by atoms with Gasteiger partial charge in [0.05, 0.1) is 13.2 Å². The first-order valence-electron chi connectivity index (χ1n) is 8.62. The zero-order chi connectivity index (χ0) is 18.9. The van der Waals surface area contributed by atoms with E-state index in [1.807, 2.05) is 30.3 Å². The van der Waals surface area contributed by atoms with Crippen molar-refractivity contribution in [2.45, 2.75) is 58.8 Å². The second-order valence-corrected chi connectivity index (χ2v) is 8.78. The fraction of sp³-hybridized carbons (Fsp3) is 0.611. The first-order valence-corrected chi connectivity index (χ1v) is 10.2. The summed E-state index contributed by atoms with van der Waals surface area (Å²) < 4.78 is 29.2. The summed E-state index contributed by atoms with van der Waals surface area (Å²) in [6.07, 6.45) is 0.414. The summed E-state index contributed by atoms with van der Waals surface area (Å²) >= 11 is 0. The van der Waals surface area contributed by atoms with E-state index in [1.54, 1.807) is 34.6 Å². The fourth-order valence-corrected chi connectivity index (χ4v) is 4.14. The van der Waals surface area contributed by atoms with Crippen LogP contribution in [0, 0.1) is 0 Å². The van der Waals surface area contributed by atoms with E-state index in [1.165, 1.54) is 0 Å². The van der Waals surface area contributed by atoms with Gasteiger partial charge in [-0.05, 0) is 53.0 Å². The van der Waals surface area contributed by atoms with E-state index in [0.717, 1.165) is 5.56 Å². The SMILES string of the molecule is CCOP(=O)(OCC)[C@H](CCc1ccccc1)NC(=O)OC(C)(C)C. The molecule has 142 valence electrons. The van der Waals surface area contributed by atoms with Gasteiger partial charge in [-0.3, -0.25) is 4.57 Å². The molecule has 1 aromatic carbocycles. The van der Waals surface area contributed by atoms with Crippen molar-refractivity contribution in [3.05, 3.63) is 35.9 Å². The van der Waals surface area contributed by atoms with Crippen molar-refractivity contribution in [2.75, 3.05) is 13.2 Å². The molecule has 0 bridgehead atoms. The van der Waals surface area contributed by atoms with Crippen molar-refractivity contribution >= 4 is 13.7 Å². The molecule has 7 heteroatoms. The molecule has 0 radical (unpaired) electrons. The lowest BCUT2D eigenvalue weighted by Gasteiger charge is -2.28. The molecule has 25 heavy (non-hydrogen) atoms. The van der Waals surface area contributed by atoms with Crippen LogP contribution in [-0.2, 0) is 24.8 Å². The van der Waals surface area contributed by atoms with E-state index in [4.69, 9.17) is 13.8 Å². The second kappa shape index (κ2) is 9.95. The van der Waals surface area contributed by atoms with Gasteiger partial charge in [0.15, 0.2) is 0 Å². The molecule has 0 unspecified atom stereocenters. The predicted octanol–water partition coefficient (Wildman–Crippen LogP) is 4.74. The van der Waals surface area contributed by atoms with E-state index in [2.05, 4.69) is 5.32 Å². The monoisotopic (exact) mass is 371 g/mol. The highest BCUT2D eigenvalue weighted by molar-refractivity contribution is 7.54.